The topological polar surface area (TPSA) is 38.0 Å². The molecule has 1 atom stereocenters. The van der Waals surface area contributed by atoms with Crippen molar-refractivity contribution in [3.63, 3.8) is 0 Å². The Morgan fingerprint density at radius 3 is 2.79 bits per heavy atom. The summed E-state index contributed by atoms with van der Waals surface area (Å²) in [6, 6.07) is 5.98. The Labute approximate surface area is 86.5 Å². The third kappa shape index (κ3) is 2.95. The third-order valence-electron chi connectivity index (χ3n) is 2.60. The average molecular weight is 192 g/mol. The van der Waals surface area contributed by atoms with Gasteiger partial charge in [0.2, 0.25) is 0 Å². The standard InChI is InChI=1S/C12H20N2/c1-4-9(2)8-14-12-7-11(13)6-5-10(12)3/h5-7,9,14H,4,8,13H2,1-3H3. The van der Waals surface area contributed by atoms with E-state index in [4.69, 9.17) is 5.73 Å². The Morgan fingerprint density at radius 2 is 2.14 bits per heavy atom. The van der Waals surface area contributed by atoms with E-state index in [0.717, 1.165) is 17.9 Å². The Bertz CT molecular complexity index is 294. The normalized spacial score (nSPS) is 12.5. The maximum Gasteiger partial charge on any atom is 0.0390 e. The van der Waals surface area contributed by atoms with Crippen molar-refractivity contribution in [2.24, 2.45) is 5.92 Å². The molecule has 2 nitrogen and oxygen atoms in total. The van der Waals surface area contributed by atoms with Gasteiger partial charge in [0.15, 0.2) is 0 Å². The molecule has 1 unspecified atom stereocenters. The van der Waals surface area contributed by atoms with Gasteiger partial charge in [-0.3, -0.25) is 0 Å². The van der Waals surface area contributed by atoms with Gasteiger partial charge in [-0.25, -0.2) is 0 Å². The van der Waals surface area contributed by atoms with Crippen LogP contribution in [0.5, 0.6) is 0 Å². The van der Waals surface area contributed by atoms with E-state index in [1.54, 1.807) is 0 Å². The zero-order valence-corrected chi connectivity index (χ0v) is 9.30. The predicted octanol–water partition coefficient (Wildman–Crippen LogP) is 3.04. The Morgan fingerprint density at radius 1 is 1.43 bits per heavy atom. The fourth-order valence-corrected chi connectivity index (χ4v) is 1.26. The zero-order chi connectivity index (χ0) is 10.6. The lowest BCUT2D eigenvalue weighted by atomic mass is 10.1. The van der Waals surface area contributed by atoms with Crippen LogP contribution in [-0.4, -0.2) is 6.54 Å². The molecule has 1 rings (SSSR count). The summed E-state index contributed by atoms with van der Waals surface area (Å²) in [6.45, 7) is 7.56. The molecule has 0 aliphatic carbocycles. The summed E-state index contributed by atoms with van der Waals surface area (Å²) in [4.78, 5) is 0. The summed E-state index contributed by atoms with van der Waals surface area (Å²) in [5.74, 6) is 0.704. The number of benzene rings is 1. The van der Waals surface area contributed by atoms with Gasteiger partial charge in [0.05, 0.1) is 0 Å². The molecule has 0 aliphatic heterocycles. The van der Waals surface area contributed by atoms with Crippen molar-refractivity contribution in [2.45, 2.75) is 27.2 Å². The minimum Gasteiger partial charge on any atom is -0.399 e. The summed E-state index contributed by atoms with van der Waals surface area (Å²) >= 11 is 0. The molecule has 14 heavy (non-hydrogen) atoms. The molecule has 0 heterocycles. The largest absolute Gasteiger partial charge is 0.399 e. The first-order chi connectivity index (χ1) is 6.63. The molecule has 3 N–H and O–H groups in total. The van der Waals surface area contributed by atoms with Crippen LogP contribution >= 0.6 is 0 Å². The van der Waals surface area contributed by atoms with E-state index in [0.29, 0.717) is 5.92 Å². The fraction of sp³-hybridized carbons (Fsp3) is 0.500. The highest BCUT2D eigenvalue weighted by molar-refractivity contribution is 5.59. The van der Waals surface area contributed by atoms with Crippen LogP contribution in [0, 0.1) is 12.8 Å². The van der Waals surface area contributed by atoms with Crippen molar-refractivity contribution >= 4 is 11.4 Å². The molecular formula is C12H20N2. The molecule has 0 bridgehead atoms. The van der Waals surface area contributed by atoms with E-state index in [1.165, 1.54) is 12.0 Å². The van der Waals surface area contributed by atoms with Crippen LogP contribution in [0.15, 0.2) is 18.2 Å². The van der Waals surface area contributed by atoms with Crippen LogP contribution in [0.25, 0.3) is 0 Å². The monoisotopic (exact) mass is 192 g/mol. The highest BCUT2D eigenvalue weighted by Gasteiger charge is 2.01. The Kier molecular flexibility index (Phi) is 3.81. The summed E-state index contributed by atoms with van der Waals surface area (Å²) < 4.78 is 0. The predicted molar refractivity (Wildman–Crippen MR) is 63.5 cm³/mol. The van der Waals surface area contributed by atoms with E-state index in [2.05, 4.69) is 26.1 Å². The van der Waals surface area contributed by atoms with Crippen LogP contribution in [0.4, 0.5) is 11.4 Å². The van der Waals surface area contributed by atoms with Gasteiger partial charge in [-0.15, -0.1) is 0 Å². The van der Waals surface area contributed by atoms with Gasteiger partial charge in [0.1, 0.15) is 0 Å². The molecule has 0 saturated heterocycles. The lowest BCUT2D eigenvalue weighted by Crippen LogP contribution is -2.11. The van der Waals surface area contributed by atoms with E-state index < -0.39 is 0 Å². The highest BCUT2D eigenvalue weighted by atomic mass is 14.9. The van der Waals surface area contributed by atoms with Crippen LogP contribution in [0.3, 0.4) is 0 Å². The lowest BCUT2D eigenvalue weighted by Gasteiger charge is -2.13. The van der Waals surface area contributed by atoms with Gasteiger partial charge in [0, 0.05) is 17.9 Å². The fourth-order valence-electron chi connectivity index (χ4n) is 1.26. The van der Waals surface area contributed by atoms with Crippen molar-refractivity contribution in [1.82, 2.24) is 0 Å². The minimum absolute atomic E-state index is 0.704. The quantitative estimate of drug-likeness (QED) is 0.720. The van der Waals surface area contributed by atoms with E-state index in [9.17, 15) is 0 Å². The van der Waals surface area contributed by atoms with Gasteiger partial charge >= 0.3 is 0 Å². The number of nitrogens with two attached hydrogens (primary N) is 1. The summed E-state index contributed by atoms with van der Waals surface area (Å²) in [7, 11) is 0. The molecule has 0 fully saturated rings. The first kappa shape index (κ1) is 10.9. The van der Waals surface area contributed by atoms with E-state index in [-0.39, 0.29) is 0 Å². The molecular weight excluding hydrogens is 172 g/mol. The number of anilines is 2. The molecule has 2 heteroatoms. The van der Waals surface area contributed by atoms with Gasteiger partial charge in [-0.05, 0) is 30.5 Å². The van der Waals surface area contributed by atoms with Crippen LogP contribution in [-0.2, 0) is 0 Å². The number of nitrogens with one attached hydrogen (secondary N) is 1. The Balaban J connectivity index is 2.62. The zero-order valence-electron chi connectivity index (χ0n) is 9.30. The number of hydrogen-bond donors (Lipinski definition) is 2. The average Bonchev–Trinajstić information content (AvgIpc) is 2.19. The van der Waals surface area contributed by atoms with Gasteiger partial charge in [-0.1, -0.05) is 26.3 Å². The molecule has 1 aromatic rings. The summed E-state index contributed by atoms with van der Waals surface area (Å²) in [6.07, 6.45) is 1.20. The Hall–Kier alpha value is -1.18. The lowest BCUT2D eigenvalue weighted by molar-refractivity contribution is 0.593. The van der Waals surface area contributed by atoms with Crippen molar-refractivity contribution in [2.75, 3.05) is 17.6 Å². The second kappa shape index (κ2) is 4.89. The van der Waals surface area contributed by atoms with E-state index in [1.807, 2.05) is 18.2 Å². The maximum absolute atomic E-state index is 5.73. The molecule has 0 aliphatic rings. The van der Waals surface area contributed by atoms with Crippen LogP contribution in [0.1, 0.15) is 25.8 Å². The molecule has 0 saturated carbocycles. The summed E-state index contributed by atoms with van der Waals surface area (Å²) in [5.41, 5.74) is 8.96. The molecule has 78 valence electrons. The van der Waals surface area contributed by atoms with Gasteiger partial charge < -0.3 is 11.1 Å². The molecule has 1 aromatic carbocycles. The molecule has 0 radical (unpaired) electrons. The van der Waals surface area contributed by atoms with E-state index >= 15 is 0 Å². The second-order valence-electron chi connectivity index (χ2n) is 3.97. The van der Waals surface area contributed by atoms with Gasteiger partial charge in [0.25, 0.3) is 0 Å². The molecule has 0 spiro atoms. The maximum atomic E-state index is 5.73. The molecule has 0 aromatic heterocycles. The minimum atomic E-state index is 0.704. The number of aryl methyl sites for hydroxylation is 1. The first-order valence-electron chi connectivity index (χ1n) is 5.23. The second-order valence-corrected chi connectivity index (χ2v) is 3.97. The third-order valence-corrected chi connectivity index (χ3v) is 2.60. The van der Waals surface area contributed by atoms with Crippen LogP contribution < -0.4 is 11.1 Å². The SMILES string of the molecule is CCC(C)CNc1cc(N)ccc1C. The first-order valence-corrected chi connectivity index (χ1v) is 5.23. The van der Waals surface area contributed by atoms with Crippen molar-refractivity contribution in [1.29, 1.82) is 0 Å². The van der Waals surface area contributed by atoms with Crippen LogP contribution in [0.2, 0.25) is 0 Å². The van der Waals surface area contributed by atoms with Gasteiger partial charge in [-0.2, -0.15) is 0 Å². The summed E-state index contributed by atoms with van der Waals surface area (Å²) in [5, 5.41) is 3.42. The molecule has 0 amide bonds. The number of hydrogen-bond acceptors (Lipinski definition) is 2. The highest BCUT2D eigenvalue weighted by Crippen LogP contribution is 2.18. The van der Waals surface area contributed by atoms with Crippen molar-refractivity contribution in [3.05, 3.63) is 23.8 Å². The van der Waals surface area contributed by atoms with Crippen molar-refractivity contribution in [3.8, 4) is 0 Å². The number of rotatable bonds is 4. The number of nitrogen functional groups attached to an aromatic ring is 1. The smallest absolute Gasteiger partial charge is 0.0390 e. The van der Waals surface area contributed by atoms with Crippen molar-refractivity contribution < 1.29 is 0 Å².